The van der Waals surface area contributed by atoms with Gasteiger partial charge in [0.15, 0.2) is 18.5 Å². The second kappa shape index (κ2) is 14.7. The number of carboxylic acid groups (broad SMARTS) is 1. The second-order valence-corrected chi connectivity index (χ2v) is 11.0. The number of carbonyl (C=O) groups is 5. The van der Waals surface area contributed by atoms with Crippen LogP contribution in [0, 0.1) is 9.49 Å². The summed E-state index contributed by atoms with van der Waals surface area (Å²) in [7, 11) is 1.39. The zero-order chi connectivity index (χ0) is 31.0. The van der Waals surface area contributed by atoms with Gasteiger partial charge >= 0.3 is 11.9 Å². The molecule has 222 valence electrons. The van der Waals surface area contributed by atoms with Gasteiger partial charge in [-0.15, -0.1) is 0 Å². The summed E-state index contributed by atoms with van der Waals surface area (Å²) in [6.07, 6.45) is -2.45. The monoisotopic (exact) mass is 690 g/mol. The summed E-state index contributed by atoms with van der Waals surface area (Å²) in [6, 6.07) is 14.2. The zero-order valence-corrected chi connectivity index (χ0v) is 25.3. The highest BCUT2D eigenvalue weighted by molar-refractivity contribution is 14.1. The van der Waals surface area contributed by atoms with E-state index in [-0.39, 0.29) is 16.9 Å². The Balaban J connectivity index is 1.71. The number of ether oxygens (including phenoxy) is 2. The lowest BCUT2D eigenvalue weighted by atomic mass is 10.0. The lowest BCUT2D eigenvalue weighted by molar-refractivity contribution is -0.141. The molecule has 3 rings (SSSR count). The number of halogens is 1. The maximum atomic E-state index is 13.2. The minimum Gasteiger partial charge on any atom is -0.496 e. The number of hydrogen-bond donors (Lipinski definition) is 4. The van der Waals surface area contributed by atoms with E-state index < -0.39 is 66.7 Å². The molecule has 3 aromatic carbocycles. The molecule has 4 N–H and O–H groups in total. The molecule has 2 unspecified atom stereocenters. The molecule has 0 saturated heterocycles. The third kappa shape index (κ3) is 8.26. The first-order chi connectivity index (χ1) is 19.9. The van der Waals surface area contributed by atoms with E-state index in [4.69, 9.17) is 9.47 Å². The summed E-state index contributed by atoms with van der Waals surface area (Å²) < 4.78 is 11.1. The van der Waals surface area contributed by atoms with Gasteiger partial charge in [-0.05, 0) is 63.5 Å². The average molecular weight is 690 g/mol. The van der Waals surface area contributed by atoms with Crippen LogP contribution in [0.25, 0.3) is 10.8 Å². The van der Waals surface area contributed by atoms with Crippen LogP contribution in [0.5, 0.6) is 5.75 Å². The van der Waals surface area contributed by atoms with E-state index in [1.807, 2.05) is 40.8 Å². The molecular weight excluding hydrogens is 659 g/mol. The number of Topliss-reactive ketones (excluding diaryl/α,β-unsaturated/α-hetero) is 1. The molecule has 0 bridgehead atoms. The standard InChI is InChI=1S/C30H31IN2O9/c1-16(2)26(33-29(39)27(37)21-13-18(31)11-12-24(21)41-3)28(38)32-22(14-25(35)36)23(34)15-42-30(40)20-10-6-8-17-7-4-5-9-19(17)20/h4-13,16,22,26-27,37H,14-15H2,1-3H3,(H,32,38)(H,33,39)(H,35,36)/t22?,26-,27?/m0/s1. The van der Waals surface area contributed by atoms with Crippen LogP contribution in [0.1, 0.15) is 42.3 Å². The van der Waals surface area contributed by atoms with Gasteiger partial charge in [0.05, 0.1) is 19.1 Å². The number of aliphatic hydroxyl groups is 1. The molecule has 2 amide bonds. The van der Waals surface area contributed by atoms with Crippen LogP contribution >= 0.6 is 22.6 Å². The van der Waals surface area contributed by atoms with Crippen molar-refractivity contribution in [2.24, 2.45) is 5.92 Å². The van der Waals surface area contributed by atoms with Crippen molar-refractivity contribution in [3.8, 4) is 5.75 Å². The molecule has 42 heavy (non-hydrogen) atoms. The molecule has 3 aromatic rings. The molecule has 0 radical (unpaired) electrons. The van der Waals surface area contributed by atoms with Gasteiger partial charge in [0.1, 0.15) is 17.8 Å². The van der Waals surface area contributed by atoms with Crippen LogP contribution < -0.4 is 15.4 Å². The fourth-order valence-electron chi connectivity index (χ4n) is 4.23. The van der Waals surface area contributed by atoms with Gasteiger partial charge in [0.2, 0.25) is 5.91 Å². The van der Waals surface area contributed by atoms with Gasteiger partial charge in [-0.2, -0.15) is 0 Å². The molecule has 11 nitrogen and oxygen atoms in total. The Morgan fingerprint density at radius 3 is 2.29 bits per heavy atom. The van der Waals surface area contributed by atoms with E-state index in [0.717, 1.165) is 8.96 Å². The fraction of sp³-hybridized carbons (Fsp3) is 0.300. The molecule has 0 aromatic heterocycles. The van der Waals surface area contributed by atoms with Crippen molar-refractivity contribution < 1.29 is 43.7 Å². The summed E-state index contributed by atoms with van der Waals surface area (Å²) in [6.45, 7) is 2.47. The molecule has 0 spiro atoms. The molecule has 3 atom stereocenters. The highest BCUT2D eigenvalue weighted by Gasteiger charge is 2.32. The number of amides is 2. The number of esters is 1. The van der Waals surface area contributed by atoms with Crippen LogP contribution in [0.15, 0.2) is 60.7 Å². The first-order valence-electron chi connectivity index (χ1n) is 12.9. The van der Waals surface area contributed by atoms with Gasteiger partial charge in [0, 0.05) is 9.13 Å². The van der Waals surface area contributed by atoms with E-state index in [9.17, 15) is 34.2 Å². The molecule has 0 aliphatic rings. The number of carbonyl (C=O) groups excluding carboxylic acids is 4. The summed E-state index contributed by atoms with van der Waals surface area (Å²) >= 11 is 2.01. The molecule has 0 aliphatic heterocycles. The Hall–Kier alpha value is -4.04. The van der Waals surface area contributed by atoms with Gasteiger partial charge in [-0.25, -0.2) is 4.79 Å². The summed E-state index contributed by atoms with van der Waals surface area (Å²) in [4.78, 5) is 63.3. The minimum atomic E-state index is -1.67. The number of methoxy groups -OCH3 is 1. The van der Waals surface area contributed by atoms with Crippen molar-refractivity contribution in [1.82, 2.24) is 10.6 Å². The van der Waals surface area contributed by atoms with Crippen LogP contribution in [0.2, 0.25) is 0 Å². The number of benzene rings is 3. The number of aliphatic carboxylic acids is 1. The Labute approximate surface area is 255 Å². The van der Waals surface area contributed by atoms with Crippen LogP contribution in [-0.4, -0.2) is 65.5 Å². The summed E-state index contributed by atoms with van der Waals surface area (Å²) in [5.41, 5.74) is 0.419. The highest BCUT2D eigenvalue weighted by atomic mass is 127. The number of ketones is 1. The number of nitrogens with one attached hydrogen (secondary N) is 2. The van der Waals surface area contributed by atoms with Crippen LogP contribution in [0.4, 0.5) is 0 Å². The highest BCUT2D eigenvalue weighted by Crippen LogP contribution is 2.27. The molecule has 0 heterocycles. The third-order valence-electron chi connectivity index (χ3n) is 6.42. The number of carboxylic acids is 1. The second-order valence-electron chi connectivity index (χ2n) is 9.75. The normalized spacial score (nSPS) is 13.1. The van der Waals surface area contributed by atoms with Crippen LogP contribution in [0.3, 0.4) is 0 Å². The fourth-order valence-corrected chi connectivity index (χ4v) is 4.74. The van der Waals surface area contributed by atoms with E-state index in [0.29, 0.717) is 5.39 Å². The SMILES string of the molecule is COc1ccc(I)cc1C(O)C(=O)N[C@H](C(=O)NC(CC(=O)O)C(=O)COC(=O)c1cccc2ccccc12)C(C)C. The Kier molecular flexibility index (Phi) is 11.4. The van der Waals surface area contributed by atoms with E-state index >= 15 is 0 Å². The van der Waals surface area contributed by atoms with E-state index in [1.54, 1.807) is 56.3 Å². The predicted octanol–water partition coefficient (Wildman–Crippen LogP) is 3.01. The quantitative estimate of drug-likeness (QED) is 0.156. The number of fused-ring (bicyclic) bond motifs is 1. The Bertz CT molecular complexity index is 1490. The van der Waals surface area contributed by atoms with Crippen molar-refractivity contribution in [2.45, 2.75) is 38.5 Å². The summed E-state index contributed by atoms with van der Waals surface area (Å²) in [5, 5.41) is 26.3. The van der Waals surface area contributed by atoms with Crippen LogP contribution in [-0.2, 0) is 23.9 Å². The molecule has 0 saturated carbocycles. The van der Waals surface area contributed by atoms with Gasteiger partial charge < -0.3 is 30.3 Å². The molecule has 0 fully saturated rings. The van der Waals surface area contributed by atoms with Crippen molar-refractivity contribution in [3.63, 3.8) is 0 Å². The molecule has 0 aliphatic carbocycles. The van der Waals surface area contributed by atoms with Crippen molar-refractivity contribution in [3.05, 3.63) is 75.4 Å². The Morgan fingerprint density at radius 1 is 0.929 bits per heavy atom. The topological polar surface area (TPSA) is 168 Å². The molecular formula is C30H31IN2O9. The van der Waals surface area contributed by atoms with Crippen molar-refractivity contribution in [2.75, 3.05) is 13.7 Å². The number of rotatable bonds is 13. The lowest BCUT2D eigenvalue weighted by Gasteiger charge is -2.26. The lowest BCUT2D eigenvalue weighted by Crippen LogP contribution is -2.55. The Morgan fingerprint density at radius 2 is 1.62 bits per heavy atom. The predicted molar refractivity (Wildman–Crippen MR) is 161 cm³/mol. The van der Waals surface area contributed by atoms with Crippen molar-refractivity contribution in [1.29, 1.82) is 0 Å². The smallest absolute Gasteiger partial charge is 0.339 e. The first kappa shape index (κ1) is 32.5. The third-order valence-corrected chi connectivity index (χ3v) is 7.09. The maximum absolute atomic E-state index is 13.2. The first-order valence-corrected chi connectivity index (χ1v) is 14.0. The van der Waals surface area contributed by atoms with Gasteiger partial charge in [0.25, 0.3) is 5.91 Å². The molecule has 12 heteroatoms. The maximum Gasteiger partial charge on any atom is 0.339 e. The number of aliphatic hydroxyl groups excluding tert-OH is 1. The van der Waals surface area contributed by atoms with Gasteiger partial charge in [-0.1, -0.05) is 50.2 Å². The van der Waals surface area contributed by atoms with E-state index in [1.165, 1.54) is 7.11 Å². The van der Waals surface area contributed by atoms with Crippen molar-refractivity contribution >= 4 is 62.9 Å². The van der Waals surface area contributed by atoms with Gasteiger partial charge in [-0.3, -0.25) is 19.2 Å². The zero-order valence-electron chi connectivity index (χ0n) is 23.1. The van der Waals surface area contributed by atoms with E-state index in [2.05, 4.69) is 10.6 Å². The average Bonchev–Trinajstić information content (AvgIpc) is 2.96. The minimum absolute atomic E-state index is 0.191. The summed E-state index contributed by atoms with van der Waals surface area (Å²) in [5.74, 6) is -4.99. The number of hydrogen-bond acceptors (Lipinski definition) is 8. The largest absolute Gasteiger partial charge is 0.496 e.